The van der Waals surface area contributed by atoms with Gasteiger partial charge in [-0.05, 0) is 30.4 Å². The Morgan fingerprint density at radius 2 is 2.08 bits per heavy atom. The van der Waals surface area contributed by atoms with Crippen LogP contribution in [0.1, 0.15) is 18.4 Å². The lowest BCUT2D eigenvalue weighted by Crippen LogP contribution is -1.91. The molecule has 1 saturated carbocycles. The number of allylic oxidation sites excluding steroid dienone is 1. The molecule has 0 spiro atoms. The molecule has 0 aliphatic heterocycles. The van der Waals surface area contributed by atoms with E-state index in [0.717, 1.165) is 17.2 Å². The zero-order valence-electron chi connectivity index (χ0n) is 7.40. The van der Waals surface area contributed by atoms with E-state index in [1.165, 1.54) is 12.8 Å². The first-order valence-electron chi connectivity index (χ1n) is 4.57. The highest BCUT2D eigenvalue weighted by atomic mass is 16.5. The second-order valence-electron chi connectivity index (χ2n) is 3.40. The van der Waals surface area contributed by atoms with Gasteiger partial charge in [0.25, 0.3) is 0 Å². The number of anilines is 1. The van der Waals surface area contributed by atoms with Gasteiger partial charge in [0.15, 0.2) is 0 Å². The molecule has 0 unspecified atom stereocenters. The monoisotopic (exact) mass is 175 g/mol. The first-order valence-corrected chi connectivity index (χ1v) is 4.57. The quantitative estimate of drug-likeness (QED) is 0.692. The van der Waals surface area contributed by atoms with E-state index in [1.54, 1.807) is 0 Å². The van der Waals surface area contributed by atoms with Gasteiger partial charge in [0.2, 0.25) is 0 Å². The number of hydrogen-bond acceptors (Lipinski definition) is 2. The van der Waals surface area contributed by atoms with E-state index in [9.17, 15) is 0 Å². The Morgan fingerprint density at radius 1 is 1.31 bits per heavy atom. The molecule has 0 radical (unpaired) electrons. The van der Waals surface area contributed by atoms with E-state index < -0.39 is 0 Å². The van der Waals surface area contributed by atoms with Crippen molar-refractivity contribution in [1.29, 1.82) is 0 Å². The third-order valence-electron chi connectivity index (χ3n) is 2.25. The number of hydrogen-bond donors (Lipinski definition) is 2. The van der Waals surface area contributed by atoms with Crippen LogP contribution < -0.4 is 5.48 Å². The lowest BCUT2D eigenvalue weighted by molar-refractivity contribution is 0.389. The van der Waals surface area contributed by atoms with Crippen molar-refractivity contribution < 1.29 is 5.21 Å². The second-order valence-corrected chi connectivity index (χ2v) is 3.40. The maximum atomic E-state index is 8.82. The molecule has 68 valence electrons. The molecule has 13 heavy (non-hydrogen) atoms. The topological polar surface area (TPSA) is 32.3 Å². The molecule has 2 nitrogen and oxygen atoms in total. The lowest BCUT2D eigenvalue weighted by atomic mass is 10.1. The molecule has 2 N–H and O–H groups in total. The zero-order valence-corrected chi connectivity index (χ0v) is 7.40. The van der Waals surface area contributed by atoms with Crippen LogP contribution in [0.25, 0.3) is 6.08 Å². The molecule has 0 heterocycles. The summed E-state index contributed by atoms with van der Waals surface area (Å²) in [7, 11) is 0. The number of nitrogens with one attached hydrogen (secondary N) is 1. The van der Waals surface area contributed by atoms with Gasteiger partial charge in [-0.2, -0.15) is 0 Å². The van der Waals surface area contributed by atoms with Crippen LogP contribution in [0.4, 0.5) is 5.69 Å². The summed E-state index contributed by atoms with van der Waals surface area (Å²) >= 11 is 0. The Bertz CT molecular complexity index is 316. The van der Waals surface area contributed by atoms with E-state index >= 15 is 0 Å². The average molecular weight is 175 g/mol. The van der Waals surface area contributed by atoms with E-state index in [2.05, 4.69) is 17.6 Å². The maximum absolute atomic E-state index is 8.82. The Balaban J connectivity index is 2.17. The highest BCUT2D eigenvalue weighted by Gasteiger charge is 2.17. The van der Waals surface area contributed by atoms with E-state index in [4.69, 9.17) is 5.21 Å². The highest BCUT2D eigenvalue weighted by molar-refractivity contribution is 5.65. The molecule has 1 aliphatic carbocycles. The minimum absolute atomic E-state index is 0.763. The Hall–Kier alpha value is -1.28. The smallest absolute Gasteiger partial charge is 0.0674 e. The number of benzene rings is 1. The fourth-order valence-corrected chi connectivity index (χ4v) is 1.27. The number of para-hydroxylation sites is 1. The third kappa shape index (κ3) is 2.10. The van der Waals surface area contributed by atoms with Crippen molar-refractivity contribution in [3.63, 3.8) is 0 Å². The minimum atomic E-state index is 0.763. The fourth-order valence-electron chi connectivity index (χ4n) is 1.27. The van der Waals surface area contributed by atoms with Crippen LogP contribution in [0.2, 0.25) is 0 Å². The van der Waals surface area contributed by atoms with E-state index in [-0.39, 0.29) is 0 Å². The molecule has 1 aromatic rings. The molecule has 0 amide bonds. The van der Waals surface area contributed by atoms with Crippen molar-refractivity contribution in [2.24, 2.45) is 5.92 Å². The summed E-state index contributed by atoms with van der Waals surface area (Å²) in [4.78, 5) is 0. The SMILES string of the molecule is ONc1ccccc1/C=C/C1CC1. The highest BCUT2D eigenvalue weighted by Crippen LogP contribution is 2.31. The summed E-state index contributed by atoms with van der Waals surface area (Å²) in [6.07, 6.45) is 6.89. The molecule has 0 atom stereocenters. The normalized spacial score (nSPS) is 16.4. The van der Waals surface area contributed by atoms with Crippen molar-refractivity contribution >= 4 is 11.8 Å². The largest absolute Gasteiger partial charge is 0.291 e. The Morgan fingerprint density at radius 3 is 2.77 bits per heavy atom. The van der Waals surface area contributed by atoms with Gasteiger partial charge < -0.3 is 0 Å². The van der Waals surface area contributed by atoms with Crippen molar-refractivity contribution in [1.82, 2.24) is 0 Å². The molecule has 1 fully saturated rings. The Labute approximate surface area is 77.9 Å². The maximum Gasteiger partial charge on any atom is 0.0674 e. The van der Waals surface area contributed by atoms with Crippen molar-refractivity contribution in [3.05, 3.63) is 35.9 Å². The van der Waals surface area contributed by atoms with Gasteiger partial charge in [-0.1, -0.05) is 30.4 Å². The first-order chi connectivity index (χ1) is 6.40. The lowest BCUT2D eigenvalue weighted by Gasteiger charge is -2.02. The van der Waals surface area contributed by atoms with Gasteiger partial charge in [-0.25, -0.2) is 0 Å². The van der Waals surface area contributed by atoms with Crippen LogP contribution in [0.15, 0.2) is 30.3 Å². The summed E-state index contributed by atoms with van der Waals surface area (Å²) < 4.78 is 0. The number of rotatable bonds is 3. The molecule has 0 bridgehead atoms. The summed E-state index contributed by atoms with van der Waals surface area (Å²) in [6.45, 7) is 0. The predicted molar refractivity (Wildman–Crippen MR) is 53.6 cm³/mol. The molecule has 1 aromatic carbocycles. The zero-order chi connectivity index (χ0) is 9.10. The van der Waals surface area contributed by atoms with Crippen LogP contribution >= 0.6 is 0 Å². The molecular weight excluding hydrogens is 162 g/mol. The molecular formula is C11H13NO. The van der Waals surface area contributed by atoms with E-state index in [0.29, 0.717) is 0 Å². The second kappa shape index (κ2) is 3.62. The molecule has 1 aliphatic rings. The summed E-state index contributed by atoms with van der Waals surface area (Å²) in [5, 5.41) is 8.82. The first kappa shape index (κ1) is 8.32. The van der Waals surface area contributed by atoms with Gasteiger partial charge in [0.1, 0.15) is 0 Å². The molecule has 2 heteroatoms. The third-order valence-corrected chi connectivity index (χ3v) is 2.25. The molecule has 0 saturated heterocycles. The fraction of sp³-hybridized carbons (Fsp3) is 0.273. The van der Waals surface area contributed by atoms with Gasteiger partial charge >= 0.3 is 0 Å². The van der Waals surface area contributed by atoms with Crippen LogP contribution in [-0.4, -0.2) is 5.21 Å². The van der Waals surface area contributed by atoms with Gasteiger partial charge in [0, 0.05) is 0 Å². The van der Waals surface area contributed by atoms with E-state index in [1.807, 2.05) is 24.3 Å². The van der Waals surface area contributed by atoms with Crippen LogP contribution in [0.3, 0.4) is 0 Å². The standard InChI is InChI=1S/C11H13NO/c13-12-11-4-2-1-3-10(11)8-7-9-5-6-9/h1-4,7-9,12-13H,5-6H2/b8-7+. The van der Waals surface area contributed by atoms with Crippen molar-refractivity contribution in [3.8, 4) is 0 Å². The van der Waals surface area contributed by atoms with Crippen LogP contribution in [0.5, 0.6) is 0 Å². The van der Waals surface area contributed by atoms with Crippen LogP contribution in [-0.2, 0) is 0 Å². The van der Waals surface area contributed by atoms with Gasteiger partial charge in [-0.15, -0.1) is 0 Å². The summed E-state index contributed by atoms with van der Waals surface area (Å²) in [6, 6.07) is 7.70. The predicted octanol–water partition coefficient (Wildman–Crippen LogP) is 2.91. The van der Waals surface area contributed by atoms with Gasteiger partial charge in [0.05, 0.1) is 5.69 Å². The van der Waals surface area contributed by atoms with Crippen LogP contribution in [0, 0.1) is 5.92 Å². The molecule has 2 rings (SSSR count). The minimum Gasteiger partial charge on any atom is -0.291 e. The summed E-state index contributed by atoms with van der Waals surface area (Å²) in [5.74, 6) is 0.770. The molecule has 0 aromatic heterocycles. The van der Waals surface area contributed by atoms with Crippen molar-refractivity contribution in [2.75, 3.05) is 5.48 Å². The summed E-state index contributed by atoms with van der Waals surface area (Å²) in [5.41, 5.74) is 3.99. The van der Waals surface area contributed by atoms with Gasteiger partial charge in [-0.3, -0.25) is 10.7 Å². The average Bonchev–Trinajstić information content (AvgIpc) is 2.99. The Kier molecular flexibility index (Phi) is 2.32. The van der Waals surface area contributed by atoms with Crippen molar-refractivity contribution in [2.45, 2.75) is 12.8 Å².